The maximum atomic E-state index is 12.9. The lowest BCUT2D eigenvalue weighted by molar-refractivity contribution is 0.0974. The van der Waals surface area contributed by atoms with Crippen molar-refractivity contribution >= 4 is 11.9 Å². The standard InChI is InChI=1S/C22H23F2NO/c23-20-7-3-17(4-8-20)16-18-11-14-25(15-12-18)13-1-2-22(26)19-5-9-21(24)10-6-19/h3-10,16H,1-2,11-15H2. The van der Waals surface area contributed by atoms with E-state index < -0.39 is 0 Å². The van der Waals surface area contributed by atoms with Crippen molar-refractivity contribution in [2.45, 2.75) is 25.7 Å². The molecule has 0 saturated carbocycles. The normalized spacial score (nSPS) is 15.1. The predicted octanol–water partition coefficient (Wildman–Crippen LogP) is 5.11. The molecule has 2 nitrogen and oxygen atoms in total. The number of hydrogen-bond acceptors (Lipinski definition) is 2. The average molecular weight is 355 g/mol. The number of rotatable bonds is 6. The van der Waals surface area contributed by atoms with Crippen molar-refractivity contribution in [1.82, 2.24) is 4.90 Å². The van der Waals surface area contributed by atoms with Crippen LogP contribution in [0.25, 0.3) is 6.08 Å². The van der Waals surface area contributed by atoms with Crippen LogP contribution >= 0.6 is 0 Å². The zero-order chi connectivity index (χ0) is 18.4. The van der Waals surface area contributed by atoms with Crippen molar-refractivity contribution < 1.29 is 13.6 Å². The van der Waals surface area contributed by atoms with E-state index >= 15 is 0 Å². The van der Waals surface area contributed by atoms with Gasteiger partial charge in [-0.3, -0.25) is 4.79 Å². The fourth-order valence-electron chi connectivity index (χ4n) is 3.25. The van der Waals surface area contributed by atoms with Crippen LogP contribution in [-0.2, 0) is 0 Å². The van der Waals surface area contributed by atoms with Gasteiger partial charge in [0.1, 0.15) is 11.6 Å². The molecular weight excluding hydrogens is 332 g/mol. The summed E-state index contributed by atoms with van der Waals surface area (Å²) in [5, 5.41) is 0. The quantitative estimate of drug-likeness (QED) is 0.671. The van der Waals surface area contributed by atoms with E-state index in [1.54, 1.807) is 24.3 Å². The van der Waals surface area contributed by atoms with Gasteiger partial charge in [-0.05, 0) is 67.8 Å². The molecule has 4 heteroatoms. The monoisotopic (exact) mass is 355 g/mol. The molecular formula is C22H23F2NO. The first-order valence-corrected chi connectivity index (χ1v) is 9.06. The topological polar surface area (TPSA) is 20.3 Å². The molecule has 0 atom stereocenters. The van der Waals surface area contributed by atoms with Gasteiger partial charge >= 0.3 is 0 Å². The summed E-state index contributed by atoms with van der Waals surface area (Å²) in [6.45, 7) is 2.87. The Morgan fingerprint density at radius 1 is 0.923 bits per heavy atom. The molecule has 1 saturated heterocycles. The lowest BCUT2D eigenvalue weighted by Crippen LogP contribution is -2.31. The Morgan fingerprint density at radius 2 is 1.50 bits per heavy atom. The number of halogens is 2. The number of piperidine rings is 1. The maximum absolute atomic E-state index is 12.9. The SMILES string of the molecule is O=C(CCCN1CCC(=Cc2ccc(F)cc2)CC1)c1ccc(F)cc1. The minimum atomic E-state index is -0.320. The molecule has 0 unspecified atom stereocenters. The number of carbonyl (C=O) groups excluding carboxylic acids is 1. The number of carbonyl (C=O) groups is 1. The first-order valence-electron chi connectivity index (χ1n) is 9.06. The van der Waals surface area contributed by atoms with Crippen molar-refractivity contribution in [3.05, 3.63) is 76.9 Å². The van der Waals surface area contributed by atoms with Crippen molar-refractivity contribution in [2.75, 3.05) is 19.6 Å². The Balaban J connectivity index is 1.40. The molecule has 0 amide bonds. The van der Waals surface area contributed by atoms with Crippen LogP contribution in [-0.4, -0.2) is 30.3 Å². The van der Waals surface area contributed by atoms with Gasteiger partial charge in [0.2, 0.25) is 0 Å². The summed E-state index contributed by atoms with van der Waals surface area (Å²) in [6, 6.07) is 12.3. The Bertz CT molecular complexity index is 756. The molecule has 0 N–H and O–H groups in total. The molecule has 0 aliphatic carbocycles. The second kappa shape index (κ2) is 8.86. The zero-order valence-corrected chi connectivity index (χ0v) is 14.8. The first kappa shape index (κ1) is 18.5. The molecule has 2 aromatic rings. The van der Waals surface area contributed by atoms with E-state index in [9.17, 15) is 13.6 Å². The largest absolute Gasteiger partial charge is 0.303 e. The van der Waals surface area contributed by atoms with Crippen LogP contribution in [0.5, 0.6) is 0 Å². The van der Waals surface area contributed by atoms with Gasteiger partial charge in [-0.15, -0.1) is 0 Å². The highest BCUT2D eigenvalue weighted by Crippen LogP contribution is 2.20. The number of likely N-dealkylation sites (tertiary alicyclic amines) is 1. The average Bonchev–Trinajstić information content (AvgIpc) is 2.65. The molecule has 0 radical (unpaired) electrons. The molecule has 3 rings (SSSR count). The molecule has 1 aliphatic rings. The Labute approximate surface area is 153 Å². The lowest BCUT2D eigenvalue weighted by atomic mass is 10.0. The van der Waals surface area contributed by atoms with E-state index in [4.69, 9.17) is 0 Å². The van der Waals surface area contributed by atoms with Gasteiger partial charge in [-0.25, -0.2) is 8.78 Å². The summed E-state index contributed by atoms with van der Waals surface area (Å²) < 4.78 is 25.8. The van der Waals surface area contributed by atoms with E-state index in [1.165, 1.54) is 29.8 Å². The Hall–Kier alpha value is -2.33. The Morgan fingerprint density at radius 3 is 2.12 bits per heavy atom. The summed E-state index contributed by atoms with van der Waals surface area (Å²) in [5.41, 5.74) is 3.00. The highest BCUT2D eigenvalue weighted by Gasteiger charge is 2.14. The van der Waals surface area contributed by atoms with Gasteiger partial charge in [0, 0.05) is 25.1 Å². The highest BCUT2D eigenvalue weighted by molar-refractivity contribution is 5.95. The third kappa shape index (κ3) is 5.33. The summed E-state index contributed by atoms with van der Waals surface area (Å²) in [7, 11) is 0. The van der Waals surface area contributed by atoms with Crippen molar-refractivity contribution in [2.24, 2.45) is 0 Å². The van der Waals surface area contributed by atoms with Gasteiger partial charge in [0.25, 0.3) is 0 Å². The minimum Gasteiger partial charge on any atom is -0.303 e. The van der Waals surface area contributed by atoms with Crippen molar-refractivity contribution in [3.63, 3.8) is 0 Å². The minimum absolute atomic E-state index is 0.0684. The van der Waals surface area contributed by atoms with Crippen LogP contribution in [0.1, 0.15) is 41.6 Å². The second-order valence-corrected chi connectivity index (χ2v) is 6.73. The van der Waals surface area contributed by atoms with Gasteiger partial charge < -0.3 is 4.90 Å². The van der Waals surface area contributed by atoms with E-state index in [2.05, 4.69) is 11.0 Å². The smallest absolute Gasteiger partial charge is 0.162 e. The van der Waals surface area contributed by atoms with Crippen LogP contribution in [0.2, 0.25) is 0 Å². The van der Waals surface area contributed by atoms with Crippen molar-refractivity contribution in [1.29, 1.82) is 0 Å². The fraction of sp³-hybridized carbons (Fsp3) is 0.318. The second-order valence-electron chi connectivity index (χ2n) is 6.73. The van der Waals surface area contributed by atoms with E-state index in [0.717, 1.165) is 44.5 Å². The summed E-state index contributed by atoms with van der Waals surface area (Å²) >= 11 is 0. The molecule has 1 heterocycles. The number of Topliss-reactive ketones (excluding diaryl/α,β-unsaturated/α-hetero) is 1. The molecule has 1 fully saturated rings. The Kier molecular flexibility index (Phi) is 6.29. The molecule has 26 heavy (non-hydrogen) atoms. The summed E-state index contributed by atoms with van der Waals surface area (Å²) in [5.74, 6) is -0.463. The maximum Gasteiger partial charge on any atom is 0.162 e. The third-order valence-electron chi connectivity index (χ3n) is 4.78. The molecule has 136 valence electrons. The van der Waals surface area contributed by atoms with Crippen LogP contribution in [0.15, 0.2) is 54.1 Å². The number of nitrogens with zero attached hydrogens (tertiary/aromatic N) is 1. The van der Waals surface area contributed by atoms with Crippen molar-refractivity contribution in [3.8, 4) is 0 Å². The molecule has 0 spiro atoms. The molecule has 0 aromatic heterocycles. The van der Waals surface area contributed by atoms with Crippen LogP contribution < -0.4 is 0 Å². The highest BCUT2D eigenvalue weighted by atomic mass is 19.1. The van der Waals surface area contributed by atoms with E-state index in [-0.39, 0.29) is 17.4 Å². The van der Waals surface area contributed by atoms with Crippen LogP contribution in [0, 0.1) is 11.6 Å². The van der Waals surface area contributed by atoms with Gasteiger partial charge in [0.15, 0.2) is 5.78 Å². The van der Waals surface area contributed by atoms with E-state index in [1.807, 2.05) is 0 Å². The van der Waals surface area contributed by atoms with E-state index in [0.29, 0.717) is 12.0 Å². The number of hydrogen-bond donors (Lipinski definition) is 0. The zero-order valence-electron chi connectivity index (χ0n) is 14.8. The molecule has 1 aliphatic heterocycles. The summed E-state index contributed by atoms with van der Waals surface area (Å²) in [4.78, 5) is 14.5. The van der Waals surface area contributed by atoms with Gasteiger partial charge in [0.05, 0.1) is 0 Å². The third-order valence-corrected chi connectivity index (χ3v) is 4.78. The van der Waals surface area contributed by atoms with Crippen LogP contribution in [0.3, 0.4) is 0 Å². The fourth-order valence-corrected chi connectivity index (χ4v) is 3.25. The number of benzene rings is 2. The number of ketones is 1. The first-order chi connectivity index (χ1) is 12.6. The predicted molar refractivity (Wildman–Crippen MR) is 100 cm³/mol. The lowest BCUT2D eigenvalue weighted by Gasteiger charge is -2.28. The summed E-state index contributed by atoms with van der Waals surface area (Å²) in [6.07, 6.45) is 5.45. The molecule has 0 bridgehead atoms. The van der Waals surface area contributed by atoms with Crippen LogP contribution in [0.4, 0.5) is 8.78 Å². The molecule has 2 aromatic carbocycles. The van der Waals surface area contributed by atoms with Gasteiger partial charge in [-0.2, -0.15) is 0 Å². The van der Waals surface area contributed by atoms with Gasteiger partial charge in [-0.1, -0.05) is 23.8 Å².